The summed E-state index contributed by atoms with van der Waals surface area (Å²) in [5.74, 6) is 0.135. The second-order valence-corrected chi connectivity index (χ2v) is 15.1. The molecule has 37 heavy (non-hydrogen) atoms. The van der Waals surface area contributed by atoms with Gasteiger partial charge in [0.1, 0.15) is 6.10 Å². The molecular formula is C32H48O5. The number of hydrogen-bond acceptors (Lipinski definition) is 4. The molecule has 5 nitrogen and oxygen atoms in total. The third-order valence-electron chi connectivity index (χ3n) is 13.4. The van der Waals surface area contributed by atoms with Crippen LogP contribution in [-0.2, 0) is 19.1 Å². The van der Waals surface area contributed by atoms with Gasteiger partial charge in [0, 0.05) is 18.3 Å². The van der Waals surface area contributed by atoms with E-state index in [4.69, 9.17) is 4.74 Å². The molecular weight excluding hydrogens is 464 g/mol. The Balaban J connectivity index is 1.62. The molecule has 5 heteroatoms. The Kier molecular flexibility index (Phi) is 5.95. The number of allylic oxidation sites excluding steroid dienone is 2. The van der Waals surface area contributed by atoms with E-state index in [1.165, 1.54) is 6.92 Å². The first-order valence-electron chi connectivity index (χ1n) is 14.7. The maximum absolute atomic E-state index is 14.4. The van der Waals surface area contributed by atoms with Crippen molar-refractivity contribution >= 4 is 17.7 Å². The standard InChI is InChI=1S/C32H48O5/c1-18-9-14-32(27(35)36)16-15-30(7)21(25(32)19(18)2)17-22(34)26-29(6)12-11-24(37-20(3)33)28(4,5)23(29)10-13-31(26,30)8/h17-19,23-26H,9-16H2,1-8H3,(H,35,36)/t18?,19?,23?,24?,25?,26?,29-,30?,31+,32-/m1/s1. The fourth-order valence-electron chi connectivity index (χ4n) is 11.1. The molecule has 0 bridgehead atoms. The molecule has 0 radical (unpaired) electrons. The van der Waals surface area contributed by atoms with Gasteiger partial charge in [0.25, 0.3) is 0 Å². The van der Waals surface area contributed by atoms with Gasteiger partial charge < -0.3 is 9.84 Å². The lowest BCUT2D eigenvalue weighted by molar-refractivity contribution is -0.212. The number of fused-ring (bicyclic) bond motifs is 7. The Morgan fingerprint density at radius 3 is 2.24 bits per heavy atom. The predicted octanol–water partition coefficient (Wildman–Crippen LogP) is 6.84. The summed E-state index contributed by atoms with van der Waals surface area (Å²) < 4.78 is 5.82. The van der Waals surface area contributed by atoms with E-state index in [2.05, 4.69) is 48.5 Å². The Labute approximate surface area is 223 Å². The number of aliphatic carboxylic acids is 1. The molecule has 4 fully saturated rings. The first-order valence-corrected chi connectivity index (χ1v) is 14.7. The van der Waals surface area contributed by atoms with E-state index in [1.54, 1.807) is 0 Å². The van der Waals surface area contributed by atoms with Crippen molar-refractivity contribution in [2.45, 2.75) is 113 Å². The molecule has 0 spiro atoms. The number of carbonyl (C=O) groups excluding carboxylic acids is 2. The highest BCUT2D eigenvalue weighted by Gasteiger charge is 2.71. The summed E-state index contributed by atoms with van der Waals surface area (Å²) in [6.07, 6.45) is 8.65. The van der Waals surface area contributed by atoms with Crippen LogP contribution < -0.4 is 0 Å². The van der Waals surface area contributed by atoms with Crippen LogP contribution in [0.5, 0.6) is 0 Å². The number of carbonyl (C=O) groups is 3. The summed E-state index contributed by atoms with van der Waals surface area (Å²) in [4.78, 5) is 39.1. The number of rotatable bonds is 2. The molecule has 0 heterocycles. The summed E-state index contributed by atoms with van der Waals surface area (Å²) in [5, 5.41) is 10.6. The van der Waals surface area contributed by atoms with Gasteiger partial charge >= 0.3 is 11.9 Å². The first kappa shape index (κ1) is 26.9. The summed E-state index contributed by atoms with van der Waals surface area (Å²) in [5.41, 5.74) is -0.378. The van der Waals surface area contributed by atoms with Crippen LogP contribution >= 0.6 is 0 Å². The number of esters is 1. The maximum atomic E-state index is 14.4. The monoisotopic (exact) mass is 512 g/mol. The lowest BCUT2D eigenvalue weighted by Crippen LogP contribution is -2.67. The van der Waals surface area contributed by atoms with Crippen molar-refractivity contribution in [3.05, 3.63) is 11.6 Å². The minimum atomic E-state index is -0.744. The lowest BCUT2D eigenvalue weighted by atomic mass is 9.33. The second-order valence-electron chi connectivity index (χ2n) is 15.1. The highest BCUT2D eigenvalue weighted by molar-refractivity contribution is 5.96. The predicted molar refractivity (Wildman–Crippen MR) is 143 cm³/mol. The molecule has 206 valence electrons. The first-order chi connectivity index (χ1) is 17.1. The van der Waals surface area contributed by atoms with Crippen LogP contribution in [0.4, 0.5) is 0 Å². The van der Waals surface area contributed by atoms with Crippen molar-refractivity contribution < 1.29 is 24.2 Å². The number of carboxylic acids is 1. The van der Waals surface area contributed by atoms with Crippen LogP contribution in [-0.4, -0.2) is 28.9 Å². The largest absolute Gasteiger partial charge is 0.481 e. The summed E-state index contributed by atoms with van der Waals surface area (Å²) >= 11 is 0. The Morgan fingerprint density at radius 2 is 1.62 bits per heavy atom. The van der Waals surface area contributed by atoms with Gasteiger partial charge in [-0.05, 0) is 97.4 Å². The number of carboxylic acid groups (broad SMARTS) is 1. The van der Waals surface area contributed by atoms with E-state index in [0.717, 1.165) is 44.1 Å². The van der Waals surface area contributed by atoms with E-state index < -0.39 is 11.4 Å². The Bertz CT molecular complexity index is 1060. The molecule has 5 aliphatic rings. The van der Waals surface area contributed by atoms with E-state index in [0.29, 0.717) is 18.8 Å². The van der Waals surface area contributed by atoms with Crippen LogP contribution in [0.2, 0.25) is 0 Å². The van der Waals surface area contributed by atoms with E-state index >= 15 is 0 Å². The minimum Gasteiger partial charge on any atom is -0.481 e. The van der Waals surface area contributed by atoms with Crippen molar-refractivity contribution in [2.75, 3.05) is 0 Å². The van der Waals surface area contributed by atoms with Crippen molar-refractivity contribution in [1.82, 2.24) is 0 Å². The van der Waals surface area contributed by atoms with Crippen LogP contribution in [0.3, 0.4) is 0 Å². The normalized spacial score (nSPS) is 50.5. The van der Waals surface area contributed by atoms with Crippen LogP contribution in [0.25, 0.3) is 0 Å². The zero-order chi connectivity index (χ0) is 27.3. The molecule has 0 amide bonds. The Hall–Kier alpha value is -1.65. The quantitative estimate of drug-likeness (QED) is 0.410. The van der Waals surface area contributed by atoms with E-state index in [1.807, 2.05) is 6.08 Å². The summed E-state index contributed by atoms with van der Waals surface area (Å²) in [6.45, 7) is 17.5. The SMILES string of the molecule is CC(=O)OC1CC[C@]2(C)C(CC[C@@]3(C)C2C(=O)C=C2C4C(C)C(C)CC[C@@]4(C(=O)O)CCC23C)C1(C)C. The molecule has 5 rings (SSSR count). The van der Waals surface area contributed by atoms with Gasteiger partial charge in [-0.25, -0.2) is 0 Å². The number of ketones is 1. The summed E-state index contributed by atoms with van der Waals surface area (Å²) in [7, 11) is 0. The number of hydrogen-bond donors (Lipinski definition) is 1. The minimum absolute atomic E-state index is 0.0732. The molecule has 0 aromatic heterocycles. The topological polar surface area (TPSA) is 80.7 Å². The fourth-order valence-corrected chi connectivity index (χ4v) is 11.1. The molecule has 10 atom stereocenters. The van der Waals surface area contributed by atoms with E-state index in [9.17, 15) is 19.5 Å². The van der Waals surface area contributed by atoms with Crippen molar-refractivity contribution in [1.29, 1.82) is 0 Å². The third kappa shape index (κ3) is 3.30. The van der Waals surface area contributed by atoms with Gasteiger partial charge in [0.15, 0.2) is 5.78 Å². The van der Waals surface area contributed by atoms with Gasteiger partial charge in [-0.3, -0.25) is 14.4 Å². The van der Waals surface area contributed by atoms with Gasteiger partial charge in [-0.1, -0.05) is 54.0 Å². The van der Waals surface area contributed by atoms with Crippen LogP contribution in [0, 0.1) is 56.7 Å². The molecule has 0 saturated heterocycles. The molecule has 0 aliphatic heterocycles. The van der Waals surface area contributed by atoms with Gasteiger partial charge in [-0.15, -0.1) is 0 Å². The third-order valence-corrected chi connectivity index (χ3v) is 13.4. The molecule has 4 saturated carbocycles. The Morgan fingerprint density at radius 1 is 0.946 bits per heavy atom. The highest BCUT2D eigenvalue weighted by atomic mass is 16.5. The zero-order valence-corrected chi connectivity index (χ0v) is 24.3. The molecule has 5 aliphatic carbocycles. The average molecular weight is 513 g/mol. The smallest absolute Gasteiger partial charge is 0.310 e. The molecule has 0 aromatic rings. The lowest BCUT2D eigenvalue weighted by Gasteiger charge is -2.70. The van der Waals surface area contributed by atoms with Gasteiger partial charge in [0.2, 0.25) is 0 Å². The van der Waals surface area contributed by atoms with E-state index in [-0.39, 0.29) is 63.2 Å². The number of ether oxygens (including phenoxy) is 1. The van der Waals surface area contributed by atoms with Crippen LogP contribution in [0.15, 0.2) is 11.6 Å². The van der Waals surface area contributed by atoms with Gasteiger partial charge in [0.05, 0.1) is 5.41 Å². The molecule has 0 aromatic carbocycles. The second kappa shape index (κ2) is 8.18. The molecule has 1 N–H and O–H groups in total. The maximum Gasteiger partial charge on any atom is 0.310 e. The zero-order valence-electron chi connectivity index (χ0n) is 24.3. The fraction of sp³-hybridized carbons (Fsp3) is 0.844. The van der Waals surface area contributed by atoms with Crippen molar-refractivity contribution in [3.8, 4) is 0 Å². The van der Waals surface area contributed by atoms with Crippen LogP contribution in [0.1, 0.15) is 107 Å². The van der Waals surface area contributed by atoms with Gasteiger partial charge in [-0.2, -0.15) is 0 Å². The molecule has 7 unspecified atom stereocenters. The summed E-state index contributed by atoms with van der Waals surface area (Å²) in [6, 6.07) is 0. The van der Waals surface area contributed by atoms with Crippen molar-refractivity contribution in [3.63, 3.8) is 0 Å². The van der Waals surface area contributed by atoms with Crippen molar-refractivity contribution in [2.24, 2.45) is 56.7 Å². The average Bonchev–Trinajstić information content (AvgIpc) is 2.79. The highest BCUT2D eigenvalue weighted by Crippen LogP contribution is 2.75.